The zero-order valence-corrected chi connectivity index (χ0v) is 28.1. The number of phenolic OH excluding ortho intramolecular Hbond substituents is 1. The molecule has 4 aromatic rings. The number of hydrogen-bond acceptors (Lipinski definition) is 7. The summed E-state index contributed by atoms with van der Waals surface area (Å²) >= 11 is 0. The SMILES string of the molecule is COc1cccc([C@H]2C3=CC[C@@H]4C(=O)N(c5ccc(C(C)=O)cc5)C(=O)[C@@H]4[C@@H]3C[C@H]3C(=O)C(c4ccccc4)=CC(=O)[C@@]23c2ccccc2)c1O. The number of aromatic hydroxyl groups is 1. The van der Waals surface area contributed by atoms with Gasteiger partial charge >= 0.3 is 0 Å². The Labute approximate surface area is 295 Å². The smallest absolute Gasteiger partial charge is 0.238 e. The van der Waals surface area contributed by atoms with Crippen LogP contribution in [0.3, 0.4) is 0 Å². The molecule has 8 heteroatoms. The lowest BCUT2D eigenvalue weighted by molar-refractivity contribution is -0.135. The molecule has 6 atom stereocenters. The number of imide groups is 1. The second-order valence-electron chi connectivity index (χ2n) is 13.8. The van der Waals surface area contributed by atoms with Gasteiger partial charge in [-0.05, 0) is 73.2 Å². The van der Waals surface area contributed by atoms with Gasteiger partial charge in [-0.3, -0.25) is 28.9 Å². The van der Waals surface area contributed by atoms with Crippen LogP contribution in [0.15, 0.2) is 121 Å². The van der Waals surface area contributed by atoms with Gasteiger partial charge in [-0.25, -0.2) is 0 Å². The average molecular weight is 678 g/mol. The summed E-state index contributed by atoms with van der Waals surface area (Å²) in [5.41, 5.74) is 2.07. The van der Waals surface area contributed by atoms with E-state index in [1.165, 1.54) is 25.0 Å². The molecule has 1 aliphatic heterocycles. The Morgan fingerprint density at radius 3 is 2.18 bits per heavy atom. The van der Waals surface area contributed by atoms with Crippen LogP contribution in [0.1, 0.15) is 52.7 Å². The Kier molecular flexibility index (Phi) is 7.71. The van der Waals surface area contributed by atoms with E-state index in [-0.39, 0.29) is 53.5 Å². The van der Waals surface area contributed by atoms with Crippen molar-refractivity contribution in [3.8, 4) is 11.5 Å². The van der Waals surface area contributed by atoms with Gasteiger partial charge < -0.3 is 9.84 Å². The van der Waals surface area contributed by atoms with E-state index in [4.69, 9.17) is 4.74 Å². The molecule has 8 rings (SSSR count). The van der Waals surface area contributed by atoms with Crippen LogP contribution in [0.4, 0.5) is 5.69 Å². The summed E-state index contributed by atoms with van der Waals surface area (Å²) in [4.78, 5) is 72.0. The van der Waals surface area contributed by atoms with Gasteiger partial charge in [0, 0.05) is 28.5 Å². The predicted octanol–water partition coefficient (Wildman–Crippen LogP) is 6.63. The van der Waals surface area contributed by atoms with Crippen LogP contribution in [0, 0.1) is 23.7 Å². The number of benzene rings is 4. The van der Waals surface area contributed by atoms with Crippen LogP contribution >= 0.6 is 0 Å². The van der Waals surface area contributed by atoms with Crippen LogP contribution in [0.5, 0.6) is 11.5 Å². The second kappa shape index (κ2) is 12.2. The number of anilines is 1. The number of ketones is 3. The Morgan fingerprint density at radius 1 is 0.824 bits per heavy atom. The number of fused-ring (bicyclic) bond motifs is 4. The molecule has 51 heavy (non-hydrogen) atoms. The molecule has 2 fully saturated rings. The van der Waals surface area contributed by atoms with Crippen molar-refractivity contribution in [2.45, 2.75) is 31.1 Å². The molecular weight excluding hydrogens is 642 g/mol. The van der Waals surface area contributed by atoms with E-state index in [9.17, 15) is 19.5 Å². The molecule has 0 bridgehead atoms. The average Bonchev–Trinajstić information content (AvgIpc) is 3.42. The summed E-state index contributed by atoms with van der Waals surface area (Å²) in [5, 5.41) is 11.8. The molecule has 0 radical (unpaired) electrons. The van der Waals surface area contributed by atoms with Gasteiger partial charge in [0.2, 0.25) is 11.8 Å². The number of allylic oxidation sites excluding steroid dienone is 4. The van der Waals surface area contributed by atoms with Crippen LogP contribution in [-0.4, -0.2) is 41.4 Å². The van der Waals surface area contributed by atoms with Crippen molar-refractivity contribution >= 4 is 40.4 Å². The van der Waals surface area contributed by atoms with Crippen molar-refractivity contribution in [2.75, 3.05) is 12.0 Å². The topological polar surface area (TPSA) is 118 Å². The molecule has 254 valence electrons. The maximum atomic E-state index is 15.1. The maximum Gasteiger partial charge on any atom is 0.238 e. The molecular formula is C43H35NO7. The molecule has 8 nitrogen and oxygen atoms in total. The summed E-state index contributed by atoms with van der Waals surface area (Å²) in [5.74, 6) is -5.17. The maximum absolute atomic E-state index is 15.1. The molecule has 4 aliphatic rings. The number of methoxy groups -OCH3 is 1. The number of amides is 2. The van der Waals surface area contributed by atoms with Crippen LogP contribution in [0.2, 0.25) is 0 Å². The lowest BCUT2D eigenvalue weighted by Crippen LogP contribution is -2.58. The van der Waals surface area contributed by atoms with E-state index in [1.807, 2.05) is 54.6 Å². The van der Waals surface area contributed by atoms with Crippen molar-refractivity contribution in [1.29, 1.82) is 0 Å². The quantitative estimate of drug-likeness (QED) is 0.138. The second-order valence-corrected chi connectivity index (χ2v) is 13.8. The van der Waals surface area contributed by atoms with Gasteiger partial charge in [0.05, 0.1) is 30.0 Å². The molecule has 0 aromatic heterocycles. The van der Waals surface area contributed by atoms with Crippen molar-refractivity contribution in [1.82, 2.24) is 0 Å². The fourth-order valence-corrected chi connectivity index (χ4v) is 9.26. The fraction of sp³-hybridized carbons (Fsp3) is 0.233. The van der Waals surface area contributed by atoms with Gasteiger partial charge in [0.25, 0.3) is 0 Å². The first-order valence-corrected chi connectivity index (χ1v) is 17.1. The van der Waals surface area contributed by atoms with E-state index in [0.29, 0.717) is 33.5 Å². The number of nitrogens with zero attached hydrogens (tertiary/aromatic N) is 1. The summed E-state index contributed by atoms with van der Waals surface area (Å²) < 4.78 is 5.54. The Hall–Kier alpha value is -5.89. The molecule has 0 spiro atoms. The summed E-state index contributed by atoms with van der Waals surface area (Å²) in [6.45, 7) is 1.45. The van der Waals surface area contributed by atoms with Crippen molar-refractivity contribution in [2.24, 2.45) is 23.7 Å². The highest BCUT2D eigenvalue weighted by molar-refractivity contribution is 6.32. The van der Waals surface area contributed by atoms with E-state index >= 15 is 9.59 Å². The third-order valence-corrected chi connectivity index (χ3v) is 11.5. The number of para-hydroxylation sites is 1. The number of Topliss-reactive ketones (excluding diaryl/α,β-unsaturated/α-hetero) is 2. The molecule has 4 aromatic carbocycles. The highest BCUT2D eigenvalue weighted by Gasteiger charge is 2.66. The van der Waals surface area contributed by atoms with Gasteiger partial charge in [0.15, 0.2) is 28.8 Å². The van der Waals surface area contributed by atoms with Crippen molar-refractivity contribution < 1.29 is 33.8 Å². The monoisotopic (exact) mass is 677 g/mol. The lowest BCUT2D eigenvalue weighted by Gasteiger charge is -2.55. The zero-order valence-electron chi connectivity index (χ0n) is 28.1. The first-order chi connectivity index (χ1) is 24.7. The summed E-state index contributed by atoms with van der Waals surface area (Å²) in [6.07, 6.45) is 3.80. The third-order valence-electron chi connectivity index (χ3n) is 11.5. The number of phenols is 1. The van der Waals surface area contributed by atoms with Gasteiger partial charge in [-0.15, -0.1) is 0 Å². The molecule has 2 amide bonds. The molecule has 1 saturated heterocycles. The highest BCUT2D eigenvalue weighted by Crippen LogP contribution is 2.65. The third kappa shape index (κ3) is 4.69. The number of ether oxygens (including phenoxy) is 1. The Bertz CT molecular complexity index is 2190. The predicted molar refractivity (Wildman–Crippen MR) is 190 cm³/mol. The van der Waals surface area contributed by atoms with E-state index in [0.717, 1.165) is 5.57 Å². The zero-order chi connectivity index (χ0) is 35.6. The van der Waals surface area contributed by atoms with Crippen molar-refractivity contribution in [3.63, 3.8) is 0 Å². The van der Waals surface area contributed by atoms with Gasteiger partial charge in [-0.2, -0.15) is 0 Å². The van der Waals surface area contributed by atoms with E-state index < -0.39 is 35.0 Å². The minimum Gasteiger partial charge on any atom is -0.504 e. The van der Waals surface area contributed by atoms with Crippen LogP contribution < -0.4 is 9.64 Å². The minimum atomic E-state index is -1.47. The normalized spacial score (nSPS) is 26.9. The molecule has 1 N–H and O–H groups in total. The minimum absolute atomic E-state index is 0.130. The van der Waals surface area contributed by atoms with Gasteiger partial charge in [0.1, 0.15) is 0 Å². The summed E-state index contributed by atoms with van der Waals surface area (Å²) in [7, 11) is 1.45. The Balaban J connectivity index is 1.35. The first-order valence-electron chi connectivity index (χ1n) is 17.1. The first kappa shape index (κ1) is 32.3. The number of carbonyl (C=O) groups is 5. The number of hydrogen-bond donors (Lipinski definition) is 1. The molecule has 0 unspecified atom stereocenters. The van der Waals surface area contributed by atoms with Gasteiger partial charge in [-0.1, -0.05) is 84.4 Å². The Morgan fingerprint density at radius 2 is 1.51 bits per heavy atom. The van der Waals surface area contributed by atoms with E-state index in [2.05, 4.69) is 0 Å². The standard InChI is InChI=1S/C43H35NO7/c1-24(45)25-16-18-28(19-17-25)44-41(49)30-21-20-29-33(37(30)42(44)50)22-34-39(47)32(26-10-5-3-6-11-26)23-36(46)43(34,27-12-7-4-8-13-27)38(29)31-14-9-15-35(51-2)40(31)48/h3-20,23,30,33-34,37-38,48H,21-22H2,1-2H3/t30-,33+,34-,37-,38+,43-/m0/s1. The van der Waals surface area contributed by atoms with Crippen molar-refractivity contribution in [3.05, 3.63) is 143 Å². The molecule has 1 heterocycles. The number of rotatable bonds is 6. The van der Waals surface area contributed by atoms with Crippen LogP contribution in [-0.2, 0) is 24.6 Å². The van der Waals surface area contributed by atoms with Crippen LogP contribution in [0.25, 0.3) is 5.57 Å². The number of carbonyl (C=O) groups excluding carboxylic acids is 5. The lowest BCUT2D eigenvalue weighted by atomic mass is 9.44. The van der Waals surface area contributed by atoms with E-state index in [1.54, 1.807) is 54.6 Å². The molecule has 1 saturated carbocycles. The summed E-state index contributed by atoms with van der Waals surface area (Å²) in [6, 6.07) is 29.9. The highest BCUT2D eigenvalue weighted by atomic mass is 16.5. The fourth-order valence-electron chi connectivity index (χ4n) is 9.26. The molecule has 3 aliphatic carbocycles. The largest absolute Gasteiger partial charge is 0.504 e.